The molecule has 0 aliphatic rings. The Morgan fingerprint density at radius 1 is 1.31 bits per heavy atom. The fourth-order valence-corrected chi connectivity index (χ4v) is 0.752. The third-order valence-corrected chi connectivity index (χ3v) is 1.24. The molecular formula is C9H18O4. The van der Waals surface area contributed by atoms with Crippen molar-refractivity contribution in [3.8, 4) is 0 Å². The van der Waals surface area contributed by atoms with Crippen LogP contribution in [0.15, 0.2) is 12.8 Å². The molecular weight excluding hydrogens is 172 g/mol. The lowest BCUT2D eigenvalue weighted by Crippen LogP contribution is -2.24. The van der Waals surface area contributed by atoms with Crippen LogP contribution in [0.5, 0.6) is 0 Å². The first kappa shape index (κ1) is 12.4. The zero-order valence-electron chi connectivity index (χ0n) is 8.40. The summed E-state index contributed by atoms with van der Waals surface area (Å²) in [6.45, 7) is 8.78. The summed E-state index contributed by atoms with van der Waals surface area (Å²) in [4.78, 5) is 0. The van der Waals surface area contributed by atoms with Crippen LogP contribution in [0.1, 0.15) is 20.8 Å². The molecule has 0 saturated heterocycles. The van der Waals surface area contributed by atoms with Gasteiger partial charge in [-0.3, -0.25) is 0 Å². The number of ether oxygens (including phenoxy) is 3. The van der Waals surface area contributed by atoms with Crippen molar-refractivity contribution in [3.05, 3.63) is 12.8 Å². The normalized spacial score (nSPS) is 17.5. The van der Waals surface area contributed by atoms with E-state index in [1.807, 2.05) is 0 Å². The summed E-state index contributed by atoms with van der Waals surface area (Å²) in [5.41, 5.74) is 0. The maximum atomic E-state index is 8.91. The lowest BCUT2D eigenvalue weighted by Gasteiger charge is -2.19. The second-order valence-corrected chi connectivity index (χ2v) is 2.76. The Bertz CT molecular complexity index is 136. The first-order valence-electron chi connectivity index (χ1n) is 4.27. The van der Waals surface area contributed by atoms with E-state index >= 15 is 0 Å². The van der Waals surface area contributed by atoms with E-state index < -0.39 is 12.4 Å². The Morgan fingerprint density at radius 2 is 1.92 bits per heavy atom. The molecule has 4 nitrogen and oxygen atoms in total. The molecule has 0 bridgehead atoms. The van der Waals surface area contributed by atoms with Gasteiger partial charge in [0.15, 0.2) is 12.6 Å². The van der Waals surface area contributed by atoms with Gasteiger partial charge in [-0.1, -0.05) is 6.58 Å². The van der Waals surface area contributed by atoms with Crippen molar-refractivity contribution in [1.29, 1.82) is 0 Å². The van der Waals surface area contributed by atoms with E-state index in [1.165, 1.54) is 6.26 Å². The largest absolute Gasteiger partial charge is 0.473 e. The summed E-state index contributed by atoms with van der Waals surface area (Å²) in [5.74, 6) is 0. The van der Waals surface area contributed by atoms with E-state index in [4.69, 9.17) is 19.3 Å². The van der Waals surface area contributed by atoms with Crippen LogP contribution in [-0.4, -0.2) is 30.4 Å². The highest BCUT2D eigenvalue weighted by Crippen LogP contribution is 2.02. The SMILES string of the molecule is C=COC(C)OC(C)OCC(C)O. The Balaban J connectivity index is 3.48. The first-order valence-corrected chi connectivity index (χ1v) is 4.27. The number of hydrogen-bond donors (Lipinski definition) is 1. The van der Waals surface area contributed by atoms with Crippen LogP contribution >= 0.6 is 0 Å². The van der Waals surface area contributed by atoms with Crippen LogP contribution in [0.3, 0.4) is 0 Å². The van der Waals surface area contributed by atoms with E-state index in [1.54, 1.807) is 20.8 Å². The molecule has 0 heterocycles. The molecule has 0 aromatic heterocycles. The van der Waals surface area contributed by atoms with Crippen LogP contribution in [0.25, 0.3) is 0 Å². The molecule has 1 N–H and O–H groups in total. The van der Waals surface area contributed by atoms with Crippen molar-refractivity contribution in [2.45, 2.75) is 39.5 Å². The summed E-state index contributed by atoms with van der Waals surface area (Å²) in [6.07, 6.45) is 0.0409. The maximum Gasteiger partial charge on any atom is 0.198 e. The molecule has 78 valence electrons. The van der Waals surface area contributed by atoms with E-state index in [0.29, 0.717) is 0 Å². The zero-order valence-corrected chi connectivity index (χ0v) is 8.40. The average molecular weight is 190 g/mol. The van der Waals surface area contributed by atoms with Crippen molar-refractivity contribution >= 4 is 0 Å². The van der Waals surface area contributed by atoms with Crippen LogP contribution in [-0.2, 0) is 14.2 Å². The quantitative estimate of drug-likeness (QED) is 0.485. The minimum Gasteiger partial charge on any atom is -0.473 e. The molecule has 0 saturated carbocycles. The van der Waals surface area contributed by atoms with Crippen molar-refractivity contribution in [3.63, 3.8) is 0 Å². The van der Waals surface area contributed by atoms with Gasteiger partial charge in [0, 0.05) is 0 Å². The zero-order chi connectivity index (χ0) is 10.3. The first-order chi connectivity index (χ1) is 6.06. The highest BCUT2D eigenvalue weighted by atomic mass is 16.8. The van der Waals surface area contributed by atoms with Crippen molar-refractivity contribution in [1.82, 2.24) is 0 Å². The maximum absolute atomic E-state index is 8.91. The Kier molecular flexibility index (Phi) is 6.58. The minimum atomic E-state index is -0.485. The fraction of sp³-hybridized carbons (Fsp3) is 0.778. The lowest BCUT2D eigenvalue weighted by molar-refractivity contribution is -0.221. The van der Waals surface area contributed by atoms with Gasteiger partial charge in [-0.05, 0) is 20.8 Å². The van der Waals surface area contributed by atoms with Gasteiger partial charge < -0.3 is 19.3 Å². The van der Waals surface area contributed by atoms with E-state index in [2.05, 4.69) is 6.58 Å². The number of aliphatic hydroxyl groups excluding tert-OH is 1. The summed E-state index contributed by atoms with van der Waals surface area (Å²) in [6, 6.07) is 0. The topological polar surface area (TPSA) is 47.9 Å². The van der Waals surface area contributed by atoms with Gasteiger partial charge >= 0.3 is 0 Å². The smallest absolute Gasteiger partial charge is 0.198 e. The second-order valence-electron chi connectivity index (χ2n) is 2.76. The van der Waals surface area contributed by atoms with Crippen LogP contribution in [0.4, 0.5) is 0 Å². The highest BCUT2D eigenvalue weighted by molar-refractivity contribution is 4.50. The fourth-order valence-electron chi connectivity index (χ4n) is 0.752. The molecule has 0 fully saturated rings. The molecule has 0 aromatic carbocycles. The van der Waals surface area contributed by atoms with Crippen LogP contribution in [0, 0.1) is 0 Å². The van der Waals surface area contributed by atoms with E-state index in [0.717, 1.165) is 0 Å². The molecule has 0 amide bonds. The summed E-state index contributed by atoms with van der Waals surface area (Å²) in [5, 5.41) is 8.91. The molecule has 0 aromatic rings. The number of rotatable bonds is 7. The molecule has 4 heteroatoms. The summed E-state index contributed by atoms with van der Waals surface area (Å²) in [7, 11) is 0. The Morgan fingerprint density at radius 3 is 2.38 bits per heavy atom. The molecule has 0 radical (unpaired) electrons. The molecule has 0 rings (SSSR count). The Hall–Kier alpha value is -0.580. The monoisotopic (exact) mass is 190 g/mol. The van der Waals surface area contributed by atoms with Gasteiger partial charge in [0.25, 0.3) is 0 Å². The van der Waals surface area contributed by atoms with Gasteiger partial charge in [-0.2, -0.15) is 0 Å². The molecule has 13 heavy (non-hydrogen) atoms. The standard InChI is InChI=1S/C9H18O4/c1-5-11-8(3)13-9(4)12-6-7(2)10/h5,7-10H,1,6H2,2-4H3. The second kappa shape index (κ2) is 6.88. The summed E-state index contributed by atoms with van der Waals surface area (Å²) >= 11 is 0. The van der Waals surface area contributed by atoms with Crippen molar-refractivity contribution in [2.24, 2.45) is 0 Å². The predicted octanol–water partition coefficient (Wildman–Crippen LogP) is 1.25. The van der Waals surface area contributed by atoms with Gasteiger partial charge in [0.2, 0.25) is 0 Å². The molecule has 3 unspecified atom stereocenters. The van der Waals surface area contributed by atoms with Gasteiger partial charge in [-0.25, -0.2) is 0 Å². The Labute approximate surface area is 79.1 Å². The van der Waals surface area contributed by atoms with Gasteiger partial charge in [-0.15, -0.1) is 0 Å². The van der Waals surface area contributed by atoms with E-state index in [-0.39, 0.29) is 12.9 Å². The lowest BCUT2D eigenvalue weighted by atomic mass is 10.4. The number of aliphatic hydroxyl groups is 1. The molecule has 0 aliphatic heterocycles. The van der Waals surface area contributed by atoms with Gasteiger partial charge in [0.1, 0.15) is 0 Å². The van der Waals surface area contributed by atoms with E-state index in [9.17, 15) is 0 Å². The predicted molar refractivity (Wildman–Crippen MR) is 48.9 cm³/mol. The molecule has 0 spiro atoms. The number of hydrogen-bond acceptors (Lipinski definition) is 4. The van der Waals surface area contributed by atoms with Crippen molar-refractivity contribution < 1.29 is 19.3 Å². The minimum absolute atomic E-state index is 0.252. The molecule has 3 atom stereocenters. The highest BCUT2D eigenvalue weighted by Gasteiger charge is 2.08. The van der Waals surface area contributed by atoms with Crippen LogP contribution < -0.4 is 0 Å². The summed E-state index contributed by atoms with van der Waals surface area (Å²) < 4.78 is 15.3. The average Bonchev–Trinajstić information content (AvgIpc) is 2.01. The molecule has 0 aliphatic carbocycles. The third kappa shape index (κ3) is 7.77. The van der Waals surface area contributed by atoms with Crippen molar-refractivity contribution in [2.75, 3.05) is 6.61 Å². The third-order valence-electron chi connectivity index (χ3n) is 1.24. The van der Waals surface area contributed by atoms with Crippen LogP contribution in [0.2, 0.25) is 0 Å². The van der Waals surface area contributed by atoms with Gasteiger partial charge in [0.05, 0.1) is 19.0 Å².